The molecular weight excluding hydrogens is 308 g/mol. The van der Waals surface area contributed by atoms with Crippen molar-refractivity contribution in [1.82, 2.24) is 4.72 Å². The van der Waals surface area contributed by atoms with Crippen molar-refractivity contribution < 1.29 is 13.2 Å². The van der Waals surface area contributed by atoms with Crippen molar-refractivity contribution in [3.8, 4) is 0 Å². The quantitative estimate of drug-likeness (QED) is 0.880. The second kappa shape index (κ2) is 5.75. The molecule has 1 atom stereocenters. The first kappa shape index (κ1) is 15.9. The summed E-state index contributed by atoms with van der Waals surface area (Å²) >= 11 is 1.41. The van der Waals surface area contributed by atoms with Crippen LogP contribution in [-0.4, -0.2) is 20.4 Å². The van der Waals surface area contributed by atoms with Crippen molar-refractivity contribution in [1.29, 1.82) is 0 Å². The predicted molar refractivity (Wildman–Crippen MR) is 84.7 cm³/mol. The Morgan fingerprint density at radius 3 is 2.48 bits per heavy atom. The molecule has 0 saturated heterocycles. The Morgan fingerprint density at radius 2 is 1.90 bits per heavy atom. The fourth-order valence-electron chi connectivity index (χ4n) is 2.23. The molecule has 0 unspecified atom stereocenters. The van der Waals surface area contributed by atoms with Crippen LogP contribution in [0.1, 0.15) is 18.7 Å². The second-order valence-electron chi connectivity index (χ2n) is 5.23. The van der Waals surface area contributed by atoms with E-state index in [-0.39, 0.29) is 10.8 Å². The fraction of sp³-hybridized carbons (Fsp3) is 0.357. The Labute approximate surface area is 128 Å². The number of amides is 1. The third-order valence-corrected chi connectivity index (χ3v) is 6.08. The van der Waals surface area contributed by atoms with Gasteiger partial charge in [0.05, 0.1) is 0 Å². The Kier molecular flexibility index (Phi) is 4.36. The summed E-state index contributed by atoms with van der Waals surface area (Å²) in [6.45, 7) is 5.25. The maximum atomic E-state index is 12.6. The zero-order chi connectivity index (χ0) is 15.8. The van der Waals surface area contributed by atoms with Gasteiger partial charge in [-0.3, -0.25) is 4.79 Å². The number of hydrogen-bond acceptors (Lipinski definition) is 4. The van der Waals surface area contributed by atoms with E-state index >= 15 is 0 Å². The lowest BCUT2D eigenvalue weighted by Crippen LogP contribution is -2.47. The molecule has 0 fully saturated rings. The highest BCUT2D eigenvalue weighted by Gasteiger charge is 2.29. The Hall–Kier alpha value is -1.44. The van der Waals surface area contributed by atoms with E-state index < -0.39 is 22.0 Å². The first-order valence-corrected chi connectivity index (χ1v) is 8.84. The van der Waals surface area contributed by atoms with Crippen LogP contribution in [0.2, 0.25) is 0 Å². The van der Waals surface area contributed by atoms with Gasteiger partial charge in [0.1, 0.15) is 10.9 Å². The molecule has 1 amide bonds. The number of hydrogen-bond donors (Lipinski definition) is 2. The molecule has 0 saturated carbocycles. The lowest BCUT2D eigenvalue weighted by Gasteiger charge is -2.19. The number of carbonyl (C=O) groups excluding carboxylic acids is 1. The van der Waals surface area contributed by atoms with Gasteiger partial charge in [-0.15, -0.1) is 11.3 Å². The molecule has 5 nitrogen and oxygen atoms in total. The Morgan fingerprint density at radius 1 is 1.29 bits per heavy atom. The maximum Gasteiger partial charge on any atom is 0.243 e. The predicted octanol–water partition coefficient (Wildman–Crippen LogP) is 2.00. The highest BCUT2D eigenvalue weighted by molar-refractivity contribution is 7.90. The molecule has 0 aliphatic heterocycles. The molecule has 0 aliphatic rings. The summed E-state index contributed by atoms with van der Waals surface area (Å²) in [5.41, 5.74) is 5.29. The van der Waals surface area contributed by atoms with Crippen molar-refractivity contribution in [2.24, 2.45) is 11.7 Å². The van der Waals surface area contributed by atoms with Gasteiger partial charge in [-0.1, -0.05) is 32.0 Å². The summed E-state index contributed by atoms with van der Waals surface area (Å²) in [7, 11) is -3.80. The summed E-state index contributed by atoms with van der Waals surface area (Å²) in [4.78, 5) is 12.4. The molecule has 0 spiro atoms. The van der Waals surface area contributed by atoms with Crippen molar-refractivity contribution >= 4 is 37.4 Å². The van der Waals surface area contributed by atoms with Crippen molar-refractivity contribution in [2.75, 3.05) is 0 Å². The van der Waals surface area contributed by atoms with Crippen LogP contribution < -0.4 is 10.5 Å². The van der Waals surface area contributed by atoms with Crippen LogP contribution in [0.25, 0.3) is 10.1 Å². The van der Waals surface area contributed by atoms with E-state index in [0.717, 1.165) is 4.70 Å². The van der Waals surface area contributed by atoms with E-state index in [1.54, 1.807) is 32.9 Å². The molecule has 114 valence electrons. The van der Waals surface area contributed by atoms with Crippen molar-refractivity contribution in [3.63, 3.8) is 0 Å². The van der Waals surface area contributed by atoms with Gasteiger partial charge in [0.25, 0.3) is 0 Å². The maximum absolute atomic E-state index is 12.6. The Balaban J connectivity index is 2.52. The molecule has 0 aliphatic carbocycles. The van der Waals surface area contributed by atoms with E-state index in [0.29, 0.717) is 10.3 Å². The molecule has 3 N–H and O–H groups in total. The van der Waals surface area contributed by atoms with E-state index in [4.69, 9.17) is 5.73 Å². The van der Waals surface area contributed by atoms with Gasteiger partial charge in [-0.25, -0.2) is 8.42 Å². The third-order valence-electron chi connectivity index (χ3n) is 3.24. The molecular formula is C14H18N2O3S2. The van der Waals surface area contributed by atoms with Crippen LogP contribution in [-0.2, 0) is 14.8 Å². The zero-order valence-corrected chi connectivity index (χ0v) is 13.7. The van der Waals surface area contributed by atoms with Crippen LogP contribution >= 0.6 is 11.3 Å². The molecule has 2 rings (SSSR count). The standard InChI is InChI=1S/C14H18N2O3S2/c1-8(2)12(14(15)17)16-21(18,19)13-9(3)20-11-7-5-4-6-10(11)13/h4-8,12,16H,1-3H3,(H2,15,17)/t12-/m1/s1. The molecule has 1 aromatic heterocycles. The molecule has 1 heterocycles. The highest BCUT2D eigenvalue weighted by atomic mass is 32.2. The Bertz CT molecular complexity index is 779. The first-order valence-electron chi connectivity index (χ1n) is 6.54. The number of primary amides is 1. The lowest BCUT2D eigenvalue weighted by atomic mass is 10.1. The minimum atomic E-state index is -3.80. The fourth-order valence-corrected chi connectivity index (χ4v) is 5.39. The normalized spacial score (nSPS) is 13.7. The van der Waals surface area contributed by atoms with E-state index in [1.165, 1.54) is 11.3 Å². The average Bonchev–Trinajstić information content (AvgIpc) is 2.71. The number of aryl methyl sites for hydroxylation is 1. The van der Waals surface area contributed by atoms with Crippen molar-refractivity contribution in [3.05, 3.63) is 29.1 Å². The zero-order valence-electron chi connectivity index (χ0n) is 12.1. The number of benzene rings is 1. The van der Waals surface area contributed by atoms with E-state index in [1.807, 2.05) is 12.1 Å². The average molecular weight is 326 g/mol. The largest absolute Gasteiger partial charge is 0.368 e. The number of thiophene rings is 1. The van der Waals surface area contributed by atoms with Crippen LogP contribution in [0.5, 0.6) is 0 Å². The topological polar surface area (TPSA) is 89.3 Å². The minimum Gasteiger partial charge on any atom is -0.368 e. The van der Waals surface area contributed by atoms with Gasteiger partial charge < -0.3 is 5.73 Å². The summed E-state index contributed by atoms with van der Waals surface area (Å²) in [6.07, 6.45) is 0. The van der Waals surface area contributed by atoms with Crippen molar-refractivity contribution in [2.45, 2.75) is 31.7 Å². The van der Waals surface area contributed by atoms with Crippen LogP contribution in [0.3, 0.4) is 0 Å². The number of nitrogens with two attached hydrogens (primary N) is 1. The molecule has 1 aromatic carbocycles. The molecule has 2 aromatic rings. The number of sulfonamides is 1. The highest BCUT2D eigenvalue weighted by Crippen LogP contribution is 2.34. The molecule has 21 heavy (non-hydrogen) atoms. The second-order valence-corrected chi connectivity index (χ2v) is 8.14. The molecule has 0 radical (unpaired) electrons. The van der Waals surface area contributed by atoms with Crippen LogP contribution in [0.4, 0.5) is 0 Å². The summed E-state index contributed by atoms with van der Waals surface area (Å²) < 4.78 is 28.6. The monoisotopic (exact) mass is 326 g/mol. The number of nitrogens with one attached hydrogen (secondary N) is 1. The lowest BCUT2D eigenvalue weighted by molar-refractivity contribution is -0.120. The van der Waals surface area contributed by atoms with Crippen LogP contribution in [0, 0.1) is 12.8 Å². The SMILES string of the molecule is Cc1sc2ccccc2c1S(=O)(=O)N[C@@H](C(N)=O)C(C)C. The van der Waals surface area contributed by atoms with E-state index in [9.17, 15) is 13.2 Å². The van der Waals surface area contributed by atoms with Gasteiger partial charge in [0, 0.05) is 15.0 Å². The van der Waals surface area contributed by atoms with Gasteiger partial charge in [-0.2, -0.15) is 4.72 Å². The van der Waals surface area contributed by atoms with Crippen LogP contribution in [0.15, 0.2) is 29.2 Å². The van der Waals surface area contributed by atoms with E-state index in [2.05, 4.69) is 4.72 Å². The first-order chi connectivity index (χ1) is 9.74. The minimum absolute atomic E-state index is 0.220. The number of fused-ring (bicyclic) bond motifs is 1. The smallest absolute Gasteiger partial charge is 0.243 e. The van der Waals surface area contributed by atoms with Gasteiger partial charge in [0.2, 0.25) is 15.9 Å². The van der Waals surface area contributed by atoms with Gasteiger partial charge in [0.15, 0.2) is 0 Å². The summed E-state index contributed by atoms with van der Waals surface area (Å²) in [5.74, 6) is -0.895. The van der Waals surface area contributed by atoms with Gasteiger partial charge >= 0.3 is 0 Å². The molecule has 7 heteroatoms. The number of rotatable bonds is 5. The summed E-state index contributed by atoms with van der Waals surface area (Å²) in [5, 5.41) is 0.666. The summed E-state index contributed by atoms with van der Waals surface area (Å²) in [6, 6.07) is 6.37. The number of carbonyl (C=O) groups is 1. The third kappa shape index (κ3) is 3.09. The molecule has 0 bridgehead atoms. The van der Waals surface area contributed by atoms with Gasteiger partial charge in [-0.05, 0) is 18.9 Å².